The van der Waals surface area contributed by atoms with Crippen molar-refractivity contribution in [3.05, 3.63) is 74.5 Å². The van der Waals surface area contributed by atoms with Crippen LogP contribution in [0, 0.1) is 10.1 Å². The van der Waals surface area contributed by atoms with Crippen LogP contribution in [0.2, 0.25) is 0 Å². The molecule has 7 nitrogen and oxygen atoms in total. The first kappa shape index (κ1) is 21.6. The summed E-state index contributed by atoms with van der Waals surface area (Å²) < 4.78 is 2.23. The van der Waals surface area contributed by atoms with Crippen molar-refractivity contribution in [3.63, 3.8) is 0 Å². The van der Waals surface area contributed by atoms with Crippen molar-refractivity contribution in [2.24, 2.45) is 0 Å². The van der Waals surface area contributed by atoms with Crippen LogP contribution in [0.25, 0.3) is 0 Å². The first-order valence-electron chi connectivity index (χ1n) is 10.2. The molecule has 4 rings (SSSR count). The molecule has 0 spiro atoms. The maximum atomic E-state index is 12.9. The monoisotopic (exact) mass is 456 g/mol. The van der Waals surface area contributed by atoms with E-state index in [1.54, 1.807) is 34.6 Å². The van der Waals surface area contributed by atoms with Gasteiger partial charge in [0.05, 0.1) is 9.82 Å². The number of carbonyl (C=O) groups is 1. The van der Waals surface area contributed by atoms with Crippen LogP contribution in [0.4, 0.5) is 5.69 Å². The van der Waals surface area contributed by atoms with Gasteiger partial charge in [-0.15, -0.1) is 11.8 Å². The van der Waals surface area contributed by atoms with E-state index in [0.29, 0.717) is 29.5 Å². The molecule has 162 valence electrons. The second-order valence-corrected chi connectivity index (χ2v) is 9.20. The predicted molar refractivity (Wildman–Crippen MR) is 123 cm³/mol. The fraction of sp³-hybridized carbons (Fsp3) is 0.364. The molecule has 3 heterocycles. The van der Waals surface area contributed by atoms with Gasteiger partial charge in [0.25, 0.3) is 11.6 Å². The van der Waals surface area contributed by atoms with Crippen molar-refractivity contribution in [2.45, 2.75) is 36.6 Å². The van der Waals surface area contributed by atoms with Gasteiger partial charge in [-0.3, -0.25) is 14.9 Å². The summed E-state index contributed by atoms with van der Waals surface area (Å²) in [5, 5.41) is 15.6. The average molecular weight is 457 g/mol. The Hall–Kier alpha value is -2.65. The molecule has 3 aromatic rings. The normalized spacial score (nSPS) is 14.7. The number of likely N-dealkylation sites (tertiary alicyclic amines) is 1. The minimum atomic E-state index is -0.426. The maximum absolute atomic E-state index is 12.9. The summed E-state index contributed by atoms with van der Waals surface area (Å²) in [5.74, 6) is 1.26. The van der Waals surface area contributed by atoms with E-state index >= 15 is 0 Å². The topological polar surface area (TPSA) is 81.3 Å². The third-order valence-electron chi connectivity index (χ3n) is 5.74. The van der Waals surface area contributed by atoms with Crippen molar-refractivity contribution in [1.82, 2.24) is 14.5 Å². The van der Waals surface area contributed by atoms with Gasteiger partial charge in [-0.2, -0.15) is 11.3 Å². The lowest BCUT2D eigenvalue weighted by Crippen LogP contribution is -2.38. The van der Waals surface area contributed by atoms with Gasteiger partial charge in [-0.05, 0) is 60.0 Å². The smallest absolute Gasteiger partial charge is 0.283 e. The predicted octanol–water partition coefficient (Wildman–Crippen LogP) is 4.84. The summed E-state index contributed by atoms with van der Waals surface area (Å²) >= 11 is 3.02. The molecule has 1 saturated heterocycles. The lowest BCUT2D eigenvalue weighted by atomic mass is 9.95. The Balaban J connectivity index is 1.39. The molecule has 1 amide bonds. The van der Waals surface area contributed by atoms with Crippen LogP contribution in [0.1, 0.15) is 40.5 Å². The first-order chi connectivity index (χ1) is 15.1. The Morgan fingerprint density at radius 2 is 2.13 bits per heavy atom. The summed E-state index contributed by atoms with van der Waals surface area (Å²) in [4.78, 5) is 30.8. The molecule has 2 aromatic heterocycles. The van der Waals surface area contributed by atoms with E-state index in [1.807, 2.05) is 12.4 Å². The van der Waals surface area contributed by atoms with E-state index in [0.717, 1.165) is 31.6 Å². The number of thiophene rings is 1. The van der Waals surface area contributed by atoms with Crippen LogP contribution in [0.15, 0.2) is 52.3 Å². The number of amides is 1. The van der Waals surface area contributed by atoms with Gasteiger partial charge in [-0.25, -0.2) is 4.98 Å². The summed E-state index contributed by atoms with van der Waals surface area (Å²) in [6.45, 7) is 2.15. The summed E-state index contributed by atoms with van der Waals surface area (Å²) in [7, 11) is 0. The summed E-state index contributed by atoms with van der Waals surface area (Å²) in [5.41, 5.74) is 1.70. The molecule has 0 radical (unpaired) electrons. The molecule has 0 saturated carbocycles. The third kappa shape index (κ3) is 4.83. The van der Waals surface area contributed by atoms with Crippen molar-refractivity contribution in [3.8, 4) is 0 Å². The Bertz CT molecular complexity index is 1060. The number of thioether (sulfide) groups is 1. The third-order valence-corrected chi connectivity index (χ3v) is 7.26. The SMILES string of the molecule is CSc1ccc(C(=O)N2CCC(c3nccn3CCc3ccsc3)CC2)cc1[N+](=O)[O-]. The van der Waals surface area contributed by atoms with Crippen LogP contribution >= 0.6 is 23.1 Å². The highest BCUT2D eigenvalue weighted by Crippen LogP contribution is 2.31. The Labute approximate surface area is 189 Å². The average Bonchev–Trinajstić information content (AvgIpc) is 3.48. The number of nitrogens with zero attached hydrogens (tertiary/aromatic N) is 4. The molecule has 0 aliphatic carbocycles. The fourth-order valence-corrected chi connectivity index (χ4v) is 5.29. The molecule has 0 unspecified atom stereocenters. The lowest BCUT2D eigenvalue weighted by molar-refractivity contribution is -0.387. The first-order valence-corrected chi connectivity index (χ1v) is 12.4. The molecule has 1 aliphatic heterocycles. The highest BCUT2D eigenvalue weighted by Gasteiger charge is 2.28. The minimum Gasteiger partial charge on any atom is -0.339 e. The van der Waals surface area contributed by atoms with Crippen LogP contribution in [0.5, 0.6) is 0 Å². The van der Waals surface area contributed by atoms with Crippen molar-refractivity contribution < 1.29 is 9.72 Å². The number of nitro groups is 1. The number of nitro benzene ring substituents is 1. The number of aromatic nitrogens is 2. The van der Waals surface area contributed by atoms with Gasteiger partial charge in [0.2, 0.25) is 0 Å². The van der Waals surface area contributed by atoms with E-state index in [1.165, 1.54) is 23.4 Å². The van der Waals surface area contributed by atoms with Crippen molar-refractivity contribution in [1.29, 1.82) is 0 Å². The molecule has 0 bridgehead atoms. The molecule has 0 N–H and O–H groups in total. The quantitative estimate of drug-likeness (QED) is 0.289. The fourth-order valence-electron chi connectivity index (χ4n) is 4.04. The van der Waals surface area contributed by atoms with E-state index in [9.17, 15) is 14.9 Å². The zero-order chi connectivity index (χ0) is 21.8. The number of carbonyl (C=O) groups excluding carboxylic acids is 1. The van der Waals surface area contributed by atoms with E-state index in [-0.39, 0.29) is 11.6 Å². The van der Waals surface area contributed by atoms with Gasteiger partial charge in [0.15, 0.2) is 0 Å². The highest BCUT2D eigenvalue weighted by atomic mass is 32.2. The second kappa shape index (κ2) is 9.65. The largest absolute Gasteiger partial charge is 0.339 e. The number of hydrogen-bond donors (Lipinski definition) is 0. The molecule has 1 aromatic carbocycles. The number of piperidine rings is 1. The molecular formula is C22H24N4O3S2. The van der Waals surface area contributed by atoms with Gasteiger partial charge in [0.1, 0.15) is 5.82 Å². The van der Waals surface area contributed by atoms with Gasteiger partial charge in [0, 0.05) is 49.6 Å². The maximum Gasteiger partial charge on any atom is 0.283 e. The molecule has 31 heavy (non-hydrogen) atoms. The Morgan fingerprint density at radius 1 is 1.32 bits per heavy atom. The number of rotatable bonds is 7. The molecule has 0 atom stereocenters. The van der Waals surface area contributed by atoms with Crippen LogP contribution in [-0.4, -0.2) is 44.6 Å². The standard InChI is InChI=1S/C22H24N4O3S2/c1-30-20-3-2-18(14-19(20)26(28)29)22(27)25-10-5-17(6-11-25)21-23-8-12-24(21)9-4-16-7-13-31-15-16/h2-3,7-8,12-15,17H,4-6,9-11H2,1H3. The Morgan fingerprint density at radius 3 is 2.81 bits per heavy atom. The molecular weight excluding hydrogens is 432 g/mol. The van der Waals surface area contributed by atoms with E-state index in [2.05, 4.69) is 26.4 Å². The van der Waals surface area contributed by atoms with Gasteiger partial charge < -0.3 is 9.47 Å². The van der Waals surface area contributed by atoms with E-state index in [4.69, 9.17) is 0 Å². The zero-order valence-electron chi connectivity index (χ0n) is 17.3. The van der Waals surface area contributed by atoms with Gasteiger partial charge >= 0.3 is 0 Å². The summed E-state index contributed by atoms with van der Waals surface area (Å²) in [6, 6.07) is 6.90. The number of aryl methyl sites for hydroxylation is 2. The molecule has 9 heteroatoms. The molecule has 1 aliphatic rings. The lowest BCUT2D eigenvalue weighted by Gasteiger charge is -2.32. The number of hydrogen-bond acceptors (Lipinski definition) is 6. The number of benzene rings is 1. The van der Waals surface area contributed by atoms with Crippen molar-refractivity contribution >= 4 is 34.7 Å². The van der Waals surface area contributed by atoms with Crippen LogP contribution in [-0.2, 0) is 13.0 Å². The minimum absolute atomic E-state index is 0.0131. The zero-order valence-corrected chi connectivity index (χ0v) is 18.9. The van der Waals surface area contributed by atoms with Gasteiger partial charge in [-0.1, -0.05) is 0 Å². The van der Waals surface area contributed by atoms with Crippen LogP contribution < -0.4 is 0 Å². The number of imidazole rings is 1. The Kier molecular flexibility index (Phi) is 6.72. The second-order valence-electron chi connectivity index (χ2n) is 7.57. The van der Waals surface area contributed by atoms with Crippen LogP contribution in [0.3, 0.4) is 0 Å². The highest BCUT2D eigenvalue weighted by molar-refractivity contribution is 7.98. The molecule has 1 fully saturated rings. The van der Waals surface area contributed by atoms with E-state index < -0.39 is 4.92 Å². The van der Waals surface area contributed by atoms with Crippen molar-refractivity contribution in [2.75, 3.05) is 19.3 Å². The summed E-state index contributed by atoms with van der Waals surface area (Å²) in [6.07, 6.45) is 8.34.